The number of halogens is 3. The molecule has 2 heterocycles. The van der Waals surface area contributed by atoms with Gasteiger partial charge in [0, 0.05) is 12.0 Å². The molecule has 4 rings (SSSR count). The second-order valence-corrected chi connectivity index (χ2v) is 8.20. The van der Waals surface area contributed by atoms with Crippen LogP contribution in [0.15, 0.2) is 41.6 Å². The zero-order chi connectivity index (χ0) is 22.8. The molecule has 2 aromatic carbocycles. The number of hydrogen-bond acceptors (Lipinski definition) is 6. The number of benzene rings is 2. The lowest BCUT2D eigenvalue weighted by Gasteiger charge is -2.31. The lowest BCUT2D eigenvalue weighted by Crippen LogP contribution is -2.38. The van der Waals surface area contributed by atoms with E-state index < -0.39 is 29.6 Å². The Morgan fingerprint density at radius 3 is 2.72 bits per heavy atom. The summed E-state index contributed by atoms with van der Waals surface area (Å²) in [5.41, 5.74) is 0.371. The van der Waals surface area contributed by atoms with Crippen LogP contribution in [0.2, 0.25) is 0 Å². The van der Waals surface area contributed by atoms with Gasteiger partial charge in [0.1, 0.15) is 5.82 Å². The van der Waals surface area contributed by atoms with E-state index in [1.54, 1.807) is 0 Å². The lowest BCUT2D eigenvalue weighted by molar-refractivity contribution is -0.120. The van der Waals surface area contributed by atoms with Crippen LogP contribution in [0.25, 0.3) is 11.3 Å². The summed E-state index contributed by atoms with van der Waals surface area (Å²) >= 11 is 1.30. The Morgan fingerprint density at radius 2 is 1.97 bits per heavy atom. The van der Waals surface area contributed by atoms with Gasteiger partial charge in [0.2, 0.25) is 23.2 Å². The van der Waals surface area contributed by atoms with Crippen molar-refractivity contribution in [1.29, 1.82) is 0 Å². The summed E-state index contributed by atoms with van der Waals surface area (Å²) in [5.74, 6) is -2.60. The third-order valence-corrected chi connectivity index (χ3v) is 5.54. The molecule has 1 amide bonds. The fourth-order valence-corrected chi connectivity index (χ4v) is 3.95. The molecule has 0 aliphatic carbocycles. The molecule has 10 heteroatoms. The number of rotatable bonds is 5. The highest BCUT2D eigenvalue weighted by Crippen LogP contribution is 2.44. The zero-order valence-electron chi connectivity index (χ0n) is 17.3. The predicted molar refractivity (Wildman–Crippen MR) is 114 cm³/mol. The largest absolute Gasteiger partial charge is 0.447 e. The van der Waals surface area contributed by atoms with Crippen molar-refractivity contribution < 1.29 is 22.7 Å². The number of aromatic nitrogens is 3. The number of thioether (sulfide) groups is 1. The van der Waals surface area contributed by atoms with Gasteiger partial charge in [0.25, 0.3) is 0 Å². The van der Waals surface area contributed by atoms with Gasteiger partial charge < -0.3 is 4.74 Å². The van der Waals surface area contributed by atoms with E-state index in [-0.39, 0.29) is 34.8 Å². The normalized spacial score (nSPS) is 14.9. The molecule has 1 aliphatic heterocycles. The van der Waals surface area contributed by atoms with Crippen molar-refractivity contribution >= 4 is 23.4 Å². The van der Waals surface area contributed by atoms with Crippen molar-refractivity contribution in [3.63, 3.8) is 0 Å². The summed E-state index contributed by atoms with van der Waals surface area (Å²) in [6, 6.07) is 7.39. The highest BCUT2D eigenvalue weighted by molar-refractivity contribution is 7.99. The third-order valence-electron chi connectivity index (χ3n) is 4.82. The van der Waals surface area contributed by atoms with Crippen molar-refractivity contribution in [3.05, 3.63) is 59.4 Å². The molecule has 0 spiro atoms. The van der Waals surface area contributed by atoms with Crippen LogP contribution in [0, 0.1) is 17.5 Å². The van der Waals surface area contributed by atoms with Gasteiger partial charge >= 0.3 is 0 Å². The van der Waals surface area contributed by atoms with E-state index in [2.05, 4.69) is 15.2 Å². The van der Waals surface area contributed by atoms with E-state index in [1.807, 2.05) is 13.8 Å². The Bertz CT molecular complexity index is 1180. The minimum absolute atomic E-state index is 0.0525. The molecular formula is C22H19F3N4O2S. The van der Waals surface area contributed by atoms with Gasteiger partial charge in [-0.25, -0.2) is 13.2 Å². The lowest BCUT2D eigenvalue weighted by atomic mass is 10.1. The van der Waals surface area contributed by atoms with E-state index in [0.29, 0.717) is 17.3 Å². The van der Waals surface area contributed by atoms with Gasteiger partial charge in [0.05, 0.1) is 11.3 Å². The van der Waals surface area contributed by atoms with Crippen LogP contribution in [0.3, 0.4) is 0 Å². The highest BCUT2D eigenvalue weighted by Gasteiger charge is 2.37. The molecule has 0 N–H and O–H groups in total. The van der Waals surface area contributed by atoms with Gasteiger partial charge in [0.15, 0.2) is 17.3 Å². The molecule has 3 aromatic rings. The maximum atomic E-state index is 14.9. The van der Waals surface area contributed by atoms with Crippen molar-refractivity contribution in [2.24, 2.45) is 0 Å². The van der Waals surface area contributed by atoms with Gasteiger partial charge in [-0.15, -0.1) is 10.2 Å². The summed E-state index contributed by atoms with van der Waals surface area (Å²) in [6.07, 6.45) is -0.765. The van der Waals surface area contributed by atoms with Crippen molar-refractivity contribution in [1.82, 2.24) is 15.2 Å². The molecule has 0 unspecified atom stereocenters. The number of nitrogens with zero attached hydrogens (tertiary/aromatic N) is 4. The average Bonchev–Trinajstić information content (AvgIpc) is 2.90. The number of fused-ring (bicyclic) bond motifs is 3. The molecule has 1 aliphatic rings. The van der Waals surface area contributed by atoms with Crippen LogP contribution in [0.4, 0.5) is 18.9 Å². The summed E-state index contributed by atoms with van der Waals surface area (Å²) in [7, 11) is 0. The maximum Gasteiger partial charge on any atom is 0.247 e. The fourth-order valence-electron chi connectivity index (χ4n) is 3.45. The molecule has 1 aromatic heterocycles. The first kappa shape index (κ1) is 22.1. The van der Waals surface area contributed by atoms with Gasteiger partial charge in [-0.2, -0.15) is 4.98 Å². The van der Waals surface area contributed by atoms with Crippen molar-refractivity contribution in [2.45, 2.75) is 38.1 Å². The summed E-state index contributed by atoms with van der Waals surface area (Å²) in [4.78, 5) is 18.7. The minimum atomic E-state index is -1.38. The van der Waals surface area contributed by atoms with E-state index >= 15 is 0 Å². The Balaban J connectivity index is 2.00. The average molecular weight is 460 g/mol. The molecule has 6 nitrogen and oxygen atoms in total. The van der Waals surface area contributed by atoms with Crippen LogP contribution < -0.4 is 9.64 Å². The van der Waals surface area contributed by atoms with Crippen LogP contribution in [0.1, 0.15) is 38.5 Å². The molecule has 0 bridgehead atoms. The molecule has 0 fully saturated rings. The first-order chi connectivity index (χ1) is 15.4. The Morgan fingerprint density at radius 1 is 1.16 bits per heavy atom. The van der Waals surface area contributed by atoms with Crippen LogP contribution in [-0.4, -0.2) is 26.8 Å². The number of amides is 1. The number of ether oxygens (including phenoxy) is 1. The van der Waals surface area contributed by atoms with Gasteiger partial charge in [-0.1, -0.05) is 37.7 Å². The van der Waals surface area contributed by atoms with E-state index in [1.165, 1.54) is 47.0 Å². The maximum absolute atomic E-state index is 14.9. The minimum Gasteiger partial charge on any atom is -0.447 e. The Hall–Kier alpha value is -3.14. The number of carbonyl (C=O) groups is 1. The second kappa shape index (κ2) is 9.15. The van der Waals surface area contributed by atoms with E-state index in [4.69, 9.17) is 4.74 Å². The third kappa shape index (κ3) is 4.02. The number of hydrogen-bond donors (Lipinski definition) is 0. The molecule has 0 saturated heterocycles. The SMILES string of the molecule is CCCC(=O)N1c2ccc(F)cc2-c2nnc(SCC)nc2O[C@@H]1c1cccc(F)c1F. The summed E-state index contributed by atoms with van der Waals surface area (Å²) < 4.78 is 49.2. The predicted octanol–water partition coefficient (Wildman–Crippen LogP) is 5.29. The molecule has 166 valence electrons. The number of carbonyl (C=O) groups excluding carboxylic acids is 1. The first-order valence-corrected chi connectivity index (χ1v) is 11.0. The molecule has 1 atom stereocenters. The van der Waals surface area contributed by atoms with Gasteiger partial charge in [-0.05, 0) is 36.4 Å². The number of anilines is 1. The van der Waals surface area contributed by atoms with E-state index in [0.717, 1.165) is 6.07 Å². The topological polar surface area (TPSA) is 68.2 Å². The molecule has 0 radical (unpaired) electrons. The Labute approximate surface area is 186 Å². The van der Waals surface area contributed by atoms with Crippen LogP contribution >= 0.6 is 11.8 Å². The zero-order valence-corrected chi connectivity index (χ0v) is 18.1. The highest BCUT2D eigenvalue weighted by atomic mass is 32.2. The second-order valence-electron chi connectivity index (χ2n) is 6.97. The summed E-state index contributed by atoms with van der Waals surface area (Å²) in [6.45, 7) is 3.72. The van der Waals surface area contributed by atoms with E-state index in [9.17, 15) is 18.0 Å². The van der Waals surface area contributed by atoms with Crippen molar-refractivity contribution in [3.8, 4) is 17.1 Å². The first-order valence-electron chi connectivity index (χ1n) is 10.0. The molecular weight excluding hydrogens is 441 g/mol. The molecule has 32 heavy (non-hydrogen) atoms. The fraction of sp³-hybridized carbons (Fsp3) is 0.273. The standard InChI is InChI=1S/C22H19F3N4O2S/c1-3-6-17(30)29-16-10-9-12(23)11-14(16)19-20(26-22(28-27-19)32-4-2)31-21(29)13-7-5-8-15(24)18(13)25/h5,7-11,21H,3-4,6H2,1-2H3/t21-/m1/s1. The van der Waals surface area contributed by atoms with Crippen LogP contribution in [-0.2, 0) is 4.79 Å². The summed E-state index contributed by atoms with van der Waals surface area (Å²) in [5, 5.41) is 8.51. The molecule has 0 saturated carbocycles. The monoisotopic (exact) mass is 460 g/mol. The smallest absolute Gasteiger partial charge is 0.247 e. The van der Waals surface area contributed by atoms with Crippen LogP contribution in [0.5, 0.6) is 5.88 Å². The van der Waals surface area contributed by atoms with Gasteiger partial charge in [-0.3, -0.25) is 9.69 Å². The Kier molecular flexibility index (Phi) is 6.31. The van der Waals surface area contributed by atoms with Crippen molar-refractivity contribution in [2.75, 3.05) is 10.7 Å². The quantitative estimate of drug-likeness (QED) is 0.482.